The summed E-state index contributed by atoms with van der Waals surface area (Å²) >= 11 is 0. The van der Waals surface area contributed by atoms with Gasteiger partial charge >= 0.3 is 0 Å². The first kappa shape index (κ1) is 15.9. The Kier molecular flexibility index (Phi) is 8.90. The summed E-state index contributed by atoms with van der Waals surface area (Å²) in [4.78, 5) is 0. The number of hydrogen-bond acceptors (Lipinski definition) is 3. The molecule has 0 aliphatic rings. The molecule has 1 N–H and O–H groups in total. The Morgan fingerprint density at radius 3 is 2.44 bits per heavy atom. The highest BCUT2D eigenvalue weighted by atomic mass is 16.5. The van der Waals surface area contributed by atoms with Gasteiger partial charge in [0, 0.05) is 20.3 Å². The van der Waals surface area contributed by atoms with Gasteiger partial charge in [0.15, 0.2) is 0 Å². The van der Waals surface area contributed by atoms with Crippen LogP contribution in [0.5, 0.6) is 0 Å². The quantitative estimate of drug-likeness (QED) is 0.618. The molecule has 0 bridgehead atoms. The Bertz CT molecular complexity index is 155. The molecular weight excluding hydrogens is 202 g/mol. The molecule has 1 atom stereocenters. The molecule has 0 heterocycles. The molecule has 0 saturated heterocycles. The van der Waals surface area contributed by atoms with E-state index in [1.807, 2.05) is 0 Å². The molecule has 0 fully saturated rings. The first-order valence-corrected chi connectivity index (χ1v) is 6.31. The zero-order chi connectivity index (χ0) is 12.4. The van der Waals surface area contributed by atoms with Crippen LogP contribution in [-0.4, -0.2) is 39.5 Å². The van der Waals surface area contributed by atoms with Crippen LogP contribution in [0.15, 0.2) is 0 Å². The van der Waals surface area contributed by atoms with Crippen molar-refractivity contribution in [1.29, 1.82) is 0 Å². The molecule has 98 valence electrons. The molecule has 0 spiro atoms. The number of ether oxygens (including phenoxy) is 2. The lowest BCUT2D eigenvalue weighted by Gasteiger charge is -2.22. The second kappa shape index (κ2) is 8.97. The summed E-state index contributed by atoms with van der Waals surface area (Å²) in [7, 11) is 1.72. The minimum Gasteiger partial charge on any atom is -0.382 e. The standard InChI is InChI=1S/C13H29NO2/c1-6-8-14-10-12(11-15-5)16-9-7-13(2,3)4/h12,14H,6-11H2,1-5H3. The molecule has 3 nitrogen and oxygen atoms in total. The van der Waals surface area contributed by atoms with Gasteiger partial charge in [0.2, 0.25) is 0 Å². The third-order valence-electron chi connectivity index (χ3n) is 2.36. The maximum Gasteiger partial charge on any atom is 0.0932 e. The highest BCUT2D eigenvalue weighted by Gasteiger charge is 2.13. The van der Waals surface area contributed by atoms with E-state index in [4.69, 9.17) is 9.47 Å². The summed E-state index contributed by atoms with van der Waals surface area (Å²) in [6.45, 7) is 12.3. The lowest BCUT2D eigenvalue weighted by Crippen LogP contribution is -2.33. The fraction of sp³-hybridized carbons (Fsp3) is 1.00. The van der Waals surface area contributed by atoms with E-state index in [9.17, 15) is 0 Å². The largest absolute Gasteiger partial charge is 0.382 e. The van der Waals surface area contributed by atoms with Gasteiger partial charge < -0.3 is 14.8 Å². The zero-order valence-electron chi connectivity index (χ0n) is 11.6. The summed E-state index contributed by atoms with van der Waals surface area (Å²) in [5.74, 6) is 0. The SMILES string of the molecule is CCCNCC(COC)OCCC(C)(C)C. The molecule has 0 amide bonds. The number of hydrogen-bond donors (Lipinski definition) is 1. The van der Waals surface area contributed by atoms with E-state index in [0.29, 0.717) is 12.0 Å². The molecule has 0 radical (unpaired) electrons. The minimum absolute atomic E-state index is 0.180. The molecule has 0 saturated carbocycles. The van der Waals surface area contributed by atoms with Gasteiger partial charge in [-0.2, -0.15) is 0 Å². The molecule has 0 aromatic carbocycles. The van der Waals surface area contributed by atoms with Crippen LogP contribution in [0.1, 0.15) is 40.5 Å². The lowest BCUT2D eigenvalue weighted by atomic mass is 9.93. The molecular formula is C13H29NO2. The third kappa shape index (κ3) is 10.4. The van der Waals surface area contributed by atoms with Crippen molar-refractivity contribution in [3.05, 3.63) is 0 Å². The van der Waals surface area contributed by atoms with Crippen molar-refractivity contribution in [1.82, 2.24) is 5.32 Å². The van der Waals surface area contributed by atoms with E-state index in [2.05, 4.69) is 33.0 Å². The van der Waals surface area contributed by atoms with Crippen molar-refractivity contribution in [2.45, 2.75) is 46.6 Å². The van der Waals surface area contributed by atoms with Gasteiger partial charge in [-0.3, -0.25) is 0 Å². The fourth-order valence-corrected chi connectivity index (χ4v) is 1.32. The Balaban J connectivity index is 3.67. The van der Waals surface area contributed by atoms with E-state index < -0.39 is 0 Å². The summed E-state index contributed by atoms with van der Waals surface area (Å²) < 4.78 is 11.0. The molecule has 3 heteroatoms. The highest BCUT2D eigenvalue weighted by Crippen LogP contribution is 2.18. The Morgan fingerprint density at radius 2 is 1.94 bits per heavy atom. The van der Waals surface area contributed by atoms with Gasteiger partial charge in [0.25, 0.3) is 0 Å². The molecule has 0 aromatic rings. The summed E-state index contributed by atoms with van der Waals surface area (Å²) in [5, 5.41) is 3.36. The van der Waals surface area contributed by atoms with Crippen LogP contribution < -0.4 is 5.32 Å². The Labute approximate surface area is 101 Å². The van der Waals surface area contributed by atoms with Crippen molar-refractivity contribution >= 4 is 0 Å². The normalized spacial score (nSPS) is 14.1. The first-order valence-electron chi connectivity index (χ1n) is 6.31. The van der Waals surface area contributed by atoms with E-state index in [-0.39, 0.29) is 6.10 Å². The highest BCUT2D eigenvalue weighted by molar-refractivity contribution is 4.64. The molecule has 0 aliphatic carbocycles. The van der Waals surface area contributed by atoms with Crippen LogP contribution in [0, 0.1) is 5.41 Å². The third-order valence-corrected chi connectivity index (χ3v) is 2.36. The van der Waals surface area contributed by atoms with Gasteiger partial charge in [-0.15, -0.1) is 0 Å². The van der Waals surface area contributed by atoms with Crippen LogP contribution in [0.2, 0.25) is 0 Å². The van der Waals surface area contributed by atoms with Gasteiger partial charge in [-0.25, -0.2) is 0 Å². The van der Waals surface area contributed by atoms with Crippen molar-refractivity contribution in [3.8, 4) is 0 Å². The van der Waals surface area contributed by atoms with E-state index >= 15 is 0 Å². The maximum atomic E-state index is 5.82. The lowest BCUT2D eigenvalue weighted by molar-refractivity contribution is -0.00951. The average Bonchev–Trinajstić information content (AvgIpc) is 2.16. The number of methoxy groups -OCH3 is 1. The molecule has 0 rings (SSSR count). The van der Waals surface area contributed by atoms with Crippen LogP contribution in [0.3, 0.4) is 0 Å². The van der Waals surface area contributed by atoms with Crippen molar-refractivity contribution in [3.63, 3.8) is 0 Å². The van der Waals surface area contributed by atoms with Gasteiger partial charge in [-0.1, -0.05) is 27.7 Å². The fourth-order valence-electron chi connectivity index (χ4n) is 1.32. The van der Waals surface area contributed by atoms with Gasteiger partial charge in [0.05, 0.1) is 12.7 Å². The van der Waals surface area contributed by atoms with Crippen LogP contribution >= 0.6 is 0 Å². The van der Waals surface area contributed by atoms with Crippen LogP contribution in [-0.2, 0) is 9.47 Å². The Morgan fingerprint density at radius 1 is 1.25 bits per heavy atom. The van der Waals surface area contributed by atoms with E-state index in [1.165, 1.54) is 0 Å². The maximum absolute atomic E-state index is 5.82. The Hall–Kier alpha value is -0.120. The average molecular weight is 231 g/mol. The summed E-state index contributed by atoms with van der Waals surface area (Å²) in [5.41, 5.74) is 0.342. The van der Waals surface area contributed by atoms with Crippen molar-refractivity contribution in [2.75, 3.05) is 33.4 Å². The van der Waals surface area contributed by atoms with Crippen molar-refractivity contribution < 1.29 is 9.47 Å². The number of nitrogens with one attached hydrogen (secondary N) is 1. The van der Waals surface area contributed by atoms with Gasteiger partial charge in [0.1, 0.15) is 0 Å². The van der Waals surface area contributed by atoms with E-state index in [0.717, 1.165) is 32.5 Å². The minimum atomic E-state index is 0.180. The zero-order valence-corrected chi connectivity index (χ0v) is 11.6. The molecule has 1 unspecified atom stereocenters. The second-order valence-electron chi connectivity index (χ2n) is 5.46. The smallest absolute Gasteiger partial charge is 0.0932 e. The molecule has 0 aliphatic heterocycles. The van der Waals surface area contributed by atoms with Crippen LogP contribution in [0.25, 0.3) is 0 Å². The van der Waals surface area contributed by atoms with Crippen LogP contribution in [0.4, 0.5) is 0 Å². The monoisotopic (exact) mass is 231 g/mol. The van der Waals surface area contributed by atoms with Gasteiger partial charge in [-0.05, 0) is 24.8 Å². The number of rotatable bonds is 9. The predicted octanol–water partition coefficient (Wildman–Crippen LogP) is 2.45. The predicted molar refractivity (Wildman–Crippen MR) is 68.8 cm³/mol. The summed E-state index contributed by atoms with van der Waals surface area (Å²) in [6, 6.07) is 0. The van der Waals surface area contributed by atoms with E-state index in [1.54, 1.807) is 7.11 Å². The second-order valence-corrected chi connectivity index (χ2v) is 5.46. The molecule has 0 aromatic heterocycles. The molecule has 16 heavy (non-hydrogen) atoms. The first-order chi connectivity index (χ1) is 7.49. The topological polar surface area (TPSA) is 30.5 Å². The van der Waals surface area contributed by atoms with Crippen molar-refractivity contribution in [2.24, 2.45) is 5.41 Å². The summed E-state index contributed by atoms with van der Waals surface area (Å²) in [6.07, 6.45) is 2.42.